The van der Waals surface area contributed by atoms with Crippen molar-refractivity contribution in [3.8, 4) is 0 Å². The number of benzene rings is 2. The summed E-state index contributed by atoms with van der Waals surface area (Å²) in [5.74, 6) is -0.563. The van der Waals surface area contributed by atoms with Crippen LogP contribution < -0.4 is 10.5 Å². The Kier molecular flexibility index (Phi) is 4.60. The molecule has 0 atom stereocenters. The minimum Gasteiger partial charge on any atom is -0.389 e. The summed E-state index contributed by atoms with van der Waals surface area (Å²) in [7, 11) is -3.85. The zero-order valence-corrected chi connectivity index (χ0v) is 13.7. The molecule has 3 N–H and O–H groups in total. The summed E-state index contributed by atoms with van der Waals surface area (Å²) in [5, 5.41) is 0. The average molecular weight is 389 g/mol. The second kappa shape index (κ2) is 6.08. The molecule has 2 aromatic rings. The third-order valence-corrected chi connectivity index (χ3v) is 4.86. The second-order valence-corrected chi connectivity index (χ2v) is 7.10. The lowest BCUT2D eigenvalue weighted by Crippen LogP contribution is -2.15. The first-order valence-electron chi connectivity index (χ1n) is 5.67. The van der Waals surface area contributed by atoms with Crippen molar-refractivity contribution in [3.63, 3.8) is 0 Å². The minimum absolute atomic E-state index is 0.00359. The quantitative estimate of drug-likeness (QED) is 0.789. The van der Waals surface area contributed by atoms with Crippen LogP contribution in [0.2, 0.25) is 0 Å². The van der Waals surface area contributed by atoms with Crippen LogP contribution in [0.25, 0.3) is 0 Å². The number of hydrogen-bond acceptors (Lipinski definition) is 3. The third-order valence-electron chi connectivity index (χ3n) is 2.60. The normalized spacial score (nSPS) is 11.1. The van der Waals surface area contributed by atoms with Crippen LogP contribution in [-0.2, 0) is 10.0 Å². The summed E-state index contributed by atoms with van der Waals surface area (Å²) in [5.41, 5.74) is 6.04. The third kappa shape index (κ3) is 3.78. The fourth-order valence-electron chi connectivity index (χ4n) is 1.59. The summed E-state index contributed by atoms with van der Waals surface area (Å²) in [6, 6.07) is 9.85. The predicted molar refractivity (Wildman–Crippen MR) is 87.2 cm³/mol. The molecule has 0 amide bonds. The number of nitrogens with one attached hydrogen (secondary N) is 1. The Balaban J connectivity index is 2.36. The molecule has 0 aliphatic rings. The molecule has 2 aromatic carbocycles. The van der Waals surface area contributed by atoms with E-state index in [1.807, 2.05) is 0 Å². The van der Waals surface area contributed by atoms with Crippen LogP contribution in [0, 0.1) is 5.82 Å². The highest BCUT2D eigenvalue weighted by atomic mass is 79.9. The number of anilines is 1. The Morgan fingerprint density at radius 1 is 1.24 bits per heavy atom. The molecule has 0 fully saturated rings. The van der Waals surface area contributed by atoms with Crippen LogP contribution in [0.1, 0.15) is 5.56 Å². The van der Waals surface area contributed by atoms with Gasteiger partial charge in [-0.1, -0.05) is 24.4 Å². The molecule has 0 spiro atoms. The molecule has 4 nitrogen and oxygen atoms in total. The van der Waals surface area contributed by atoms with Gasteiger partial charge in [0.2, 0.25) is 0 Å². The van der Waals surface area contributed by atoms with E-state index in [1.54, 1.807) is 6.07 Å². The Labute approximate surface area is 135 Å². The first-order chi connectivity index (χ1) is 9.79. The molecular formula is C13H10BrFN2O2S2. The van der Waals surface area contributed by atoms with Gasteiger partial charge in [0.1, 0.15) is 10.8 Å². The van der Waals surface area contributed by atoms with Crippen molar-refractivity contribution >= 4 is 48.8 Å². The molecule has 110 valence electrons. The van der Waals surface area contributed by atoms with Crippen molar-refractivity contribution in [2.24, 2.45) is 5.73 Å². The van der Waals surface area contributed by atoms with Gasteiger partial charge in [-0.3, -0.25) is 4.72 Å². The van der Waals surface area contributed by atoms with Crippen molar-refractivity contribution in [2.75, 3.05) is 4.72 Å². The largest absolute Gasteiger partial charge is 0.389 e. The molecule has 0 unspecified atom stereocenters. The van der Waals surface area contributed by atoms with Gasteiger partial charge >= 0.3 is 0 Å². The monoisotopic (exact) mass is 388 g/mol. The molecule has 0 aromatic heterocycles. The summed E-state index contributed by atoms with van der Waals surface area (Å²) in [4.78, 5) is 0.0952. The van der Waals surface area contributed by atoms with E-state index in [2.05, 4.69) is 20.7 Å². The predicted octanol–water partition coefficient (Wildman–Crippen LogP) is 3.02. The maximum Gasteiger partial charge on any atom is 0.261 e. The molecule has 0 radical (unpaired) electrons. The van der Waals surface area contributed by atoms with Gasteiger partial charge in [0.15, 0.2) is 0 Å². The number of thiocarbonyl (C=S) groups is 1. The Morgan fingerprint density at radius 3 is 2.57 bits per heavy atom. The number of nitrogens with two attached hydrogens (primary N) is 1. The standard InChI is InChI=1S/C13H10BrFN2O2S2/c14-11-5-4-9(7-12(11)15)17-21(18,19)10-3-1-2-8(6-10)13(16)20/h1-7,17H,(H2,16,20). The van der Waals surface area contributed by atoms with E-state index in [-0.39, 0.29) is 20.0 Å². The second-order valence-electron chi connectivity index (χ2n) is 4.13. The van der Waals surface area contributed by atoms with Crippen LogP contribution in [0.4, 0.5) is 10.1 Å². The molecule has 0 aliphatic carbocycles. The lowest BCUT2D eigenvalue weighted by molar-refractivity contribution is 0.601. The molecule has 0 heterocycles. The van der Waals surface area contributed by atoms with E-state index < -0.39 is 15.8 Å². The van der Waals surface area contributed by atoms with Gasteiger partial charge in [-0.05, 0) is 46.3 Å². The molecular weight excluding hydrogens is 379 g/mol. The molecule has 0 saturated heterocycles. The number of hydrogen-bond donors (Lipinski definition) is 2. The minimum atomic E-state index is -3.85. The first-order valence-corrected chi connectivity index (χ1v) is 8.36. The van der Waals surface area contributed by atoms with Crippen molar-refractivity contribution in [2.45, 2.75) is 4.90 Å². The van der Waals surface area contributed by atoms with E-state index >= 15 is 0 Å². The fraction of sp³-hybridized carbons (Fsp3) is 0. The van der Waals surface area contributed by atoms with Gasteiger partial charge < -0.3 is 5.73 Å². The van der Waals surface area contributed by atoms with Crippen LogP contribution in [0.15, 0.2) is 51.8 Å². The topological polar surface area (TPSA) is 72.2 Å². The molecule has 0 saturated carbocycles. The SMILES string of the molecule is NC(=S)c1cccc(S(=O)(=O)Nc2ccc(Br)c(F)c2)c1. The lowest BCUT2D eigenvalue weighted by atomic mass is 10.2. The first kappa shape index (κ1) is 15.9. The van der Waals surface area contributed by atoms with Gasteiger partial charge in [-0.15, -0.1) is 0 Å². The zero-order chi connectivity index (χ0) is 15.6. The van der Waals surface area contributed by atoms with Gasteiger partial charge in [-0.2, -0.15) is 0 Å². The number of sulfonamides is 1. The maximum atomic E-state index is 13.4. The van der Waals surface area contributed by atoms with E-state index in [4.69, 9.17) is 18.0 Å². The Morgan fingerprint density at radius 2 is 1.95 bits per heavy atom. The van der Waals surface area contributed by atoms with Crippen molar-refractivity contribution in [1.82, 2.24) is 0 Å². The number of rotatable bonds is 4. The average Bonchev–Trinajstić information content (AvgIpc) is 2.43. The van der Waals surface area contributed by atoms with Crippen molar-refractivity contribution in [1.29, 1.82) is 0 Å². The summed E-state index contributed by atoms with van der Waals surface area (Å²) in [6.07, 6.45) is 0. The van der Waals surface area contributed by atoms with Crippen molar-refractivity contribution in [3.05, 3.63) is 58.3 Å². The lowest BCUT2D eigenvalue weighted by Gasteiger charge is -2.09. The molecule has 0 aliphatic heterocycles. The maximum absolute atomic E-state index is 13.4. The number of halogens is 2. The zero-order valence-electron chi connectivity index (χ0n) is 10.5. The summed E-state index contributed by atoms with van der Waals surface area (Å²) in [6.45, 7) is 0. The smallest absolute Gasteiger partial charge is 0.261 e. The molecule has 21 heavy (non-hydrogen) atoms. The highest BCUT2D eigenvalue weighted by molar-refractivity contribution is 9.10. The van der Waals surface area contributed by atoms with Crippen LogP contribution in [-0.4, -0.2) is 13.4 Å². The highest BCUT2D eigenvalue weighted by Gasteiger charge is 2.15. The van der Waals surface area contributed by atoms with E-state index in [0.717, 1.165) is 6.07 Å². The van der Waals surface area contributed by atoms with Crippen LogP contribution in [0.5, 0.6) is 0 Å². The van der Waals surface area contributed by atoms with E-state index in [9.17, 15) is 12.8 Å². The molecule has 0 bridgehead atoms. The van der Waals surface area contributed by atoms with Gasteiger partial charge in [0.25, 0.3) is 10.0 Å². The highest BCUT2D eigenvalue weighted by Crippen LogP contribution is 2.22. The van der Waals surface area contributed by atoms with Crippen molar-refractivity contribution < 1.29 is 12.8 Å². The van der Waals surface area contributed by atoms with E-state index in [1.165, 1.54) is 30.3 Å². The van der Waals surface area contributed by atoms with E-state index in [0.29, 0.717) is 5.56 Å². The van der Waals surface area contributed by atoms with Crippen LogP contribution >= 0.6 is 28.1 Å². The Hall–Kier alpha value is -1.51. The summed E-state index contributed by atoms with van der Waals surface area (Å²) < 4.78 is 40.4. The summed E-state index contributed by atoms with van der Waals surface area (Å²) >= 11 is 7.81. The fourth-order valence-corrected chi connectivity index (χ4v) is 3.06. The molecule has 8 heteroatoms. The van der Waals surface area contributed by atoms with Crippen LogP contribution in [0.3, 0.4) is 0 Å². The Bertz CT molecular complexity index is 810. The van der Waals surface area contributed by atoms with Gasteiger partial charge in [0, 0.05) is 5.56 Å². The van der Waals surface area contributed by atoms with Gasteiger partial charge in [-0.25, -0.2) is 12.8 Å². The molecule has 2 rings (SSSR count). The van der Waals surface area contributed by atoms with Gasteiger partial charge in [0.05, 0.1) is 15.1 Å².